The van der Waals surface area contributed by atoms with Crippen molar-refractivity contribution < 1.29 is 19.1 Å². The van der Waals surface area contributed by atoms with Crippen molar-refractivity contribution in [2.45, 2.75) is 31.9 Å². The average Bonchev–Trinajstić information content (AvgIpc) is 2.97. The third-order valence-electron chi connectivity index (χ3n) is 3.55. The first kappa shape index (κ1) is 16.9. The summed E-state index contributed by atoms with van der Waals surface area (Å²) < 4.78 is 10.3. The Morgan fingerprint density at radius 2 is 2.09 bits per heavy atom. The number of amides is 1. The van der Waals surface area contributed by atoms with E-state index in [1.165, 1.54) is 12.0 Å². The molecule has 2 rings (SSSR count). The largest absolute Gasteiger partial charge is 0.479 e. The van der Waals surface area contributed by atoms with E-state index < -0.39 is 18.1 Å². The third kappa shape index (κ3) is 3.65. The van der Waals surface area contributed by atoms with Crippen LogP contribution in [0.15, 0.2) is 18.2 Å². The number of hydrogen-bond acceptors (Lipinski definition) is 4. The van der Waals surface area contributed by atoms with Gasteiger partial charge in [-0.3, -0.25) is 4.79 Å². The lowest BCUT2D eigenvalue weighted by Gasteiger charge is -2.26. The molecule has 1 fully saturated rings. The monoisotopic (exact) mass is 345 g/mol. The van der Waals surface area contributed by atoms with Crippen LogP contribution in [0.3, 0.4) is 0 Å². The highest BCUT2D eigenvalue weighted by atomic mass is 35.5. The Kier molecular flexibility index (Phi) is 5.53. The molecule has 1 aliphatic heterocycles. The lowest BCUT2D eigenvalue weighted by atomic mass is 10.2. The molecule has 22 heavy (non-hydrogen) atoms. The molecule has 1 aromatic rings. The average molecular weight is 346 g/mol. The molecule has 2 atom stereocenters. The van der Waals surface area contributed by atoms with Crippen LogP contribution in [0.5, 0.6) is 5.75 Å². The fourth-order valence-electron chi connectivity index (χ4n) is 2.46. The van der Waals surface area contributed by atoms with Gasteiger partial charge in [0.2, 0.25) is 0 Å². The molecule has 5 nitrogen and oxygen atoms in total. The van der Waals surface area contributed by atoms with Crippen molar-refractivity contribution in [2.24, 2.45) is 0 Å². The molecule has 1 aliphatic rings. The molecule has 0 aromatic heterocycles. The van der Waals surface area contributed by atoms with Crippen LogP contribution in [0, 0.1) is 0 Å². The molecule has 0 bridgehead atoms. The third-order valence-corrected chi connectivity index (χ3v) is 4.09. The van der Waals surface area contributed by atoms with E-state index in [0.29, 0.717) is 28.8 Å². The summed E-state index contributed by atoms with van der Waals surface area (Å²) in [6.45, 7) is 2.14. The van der Waals surface area contributed by atoms with E-state index in [1.54, 1.807) is 25.1 Å². The summed E-state index contributed by atoms with van der Waals surface area (Å²) in [6.07, 6.45) is 0.608. The fourth-order valence-corrected chi connectivity index (χ4v) is 2.91. The van der Waals surface area contributed by atoms with Crippen molar-refractivity contribution in [2.75, 3.05) is 13.7 Å². The van der Waals surface area contributed by atoms with E-state index in [4.69, 9.17) is 32.7 Å². The van der Waals surface area contributed by atoms with E-state index in [9.17, 15) is 9.59 Å². The number of likely N-dealkylation sites (tertiary alicyclic amines) is 1. The summed E-state index contributed by atoms with van der Waals surface area (Å²) in [5.41, 5.74) is 0. The first-order valence-electron chi connectivity index (χ1n) is 6.94. The van der Waals surface area contributed by atoms with E-state index in [0.717, 1.165) is 6.42 Å². The van der Waals surface area contributed by atoms with Crippen LogP contribution < -0.4 is 4.74 Å². The fraction of sp³-hybridized carbons (Fsp3) is 0.467. The molecule has 0 spiro atoms. The van der Waals surface area contributed by atoms with Crippen molar-refractivity contribution in [1.29, 1.82) is 0 Å². The van der Waals surface area contributed by atoms with E-state index in [2.05, 4.69) is 0 Å². The summed E-state index contributed by atoms with van der Waals surface area (Å²) in [4.78, 5) is 25.7. The van der Waals surface area contributed by atoms with Crippen molar-refractivity contribution in [3.05, 3.63) is 28.2 Å². The number of hydrogen-bond donors (Lipinski definition) is 0. The van der Waals surface area contributed by atoms with Gasteiger partial charge >= 0.3 is 5.97 Å². The van der Waals surface area contributed by atoms with Crippen molar-refractivity contribution in [3.8, 4) is 5.75 Å². The molecule has 0 radical (unpaired) electrons. The standard InChI is InChI=1S/C15H17Cl2NO4/c1-9(22-13-6-5-10(16)8-11(13)17)14(19)18-7-3-4-12(18)15(20)21-2/h5-6,8-9,12H,3-4,7H2,1-2H3. The van der Waals surface area contributed by atoms with Gasteiger partial charge in [0.05, 0.1) is 12.1 Å². The maximum absolute atomic E-state index is 12.5. The molecule has 2 unspecified atom stereocenters. The van der Waals surface area contributed by atoms with Gasteiger partial charge in [-0.2, -0.15) is 0 Å². The SMILES string of the molecule is COC(=O)C1CCCN1C(=O)C(C)Oc1ccc(Cl)cc1Cl. The summed E-state index contributed by atoms with van der Waals surface area (Å²) >= 11 is 11.9. The number of benzene rings is 1. The van der Waals surface area contributed by atoms with Crippen LogP contribution >= 0.6 is 23.2 Å². The molecule has 0 aliphatic carbocycles. The molecule has 120 valence electrons. The van der Waals surface area contributed by atoms with Crippen molar-refractivity contribution >= 4 is 35.1 Å². The van der Waals surface area contributed by atoms with Crippen LogP contribution in [-0.4, -0.2) is 42.6 Å². The zero-order chi connectivity index (χ0) is 16.3. The predicted molar refractivity (Wildman–Crippen MR) is 83.3 cm³/mol. The molecule has 7 heteroatoms. The smallest absolute Gasteiger partial charge is 0.328 e. The topological polar surface area (TPSA) is 55.8 Å². The number of rotatable bonds is 4. The van der Waals surface area contributed by atoms with E-state index in [1.807, 2.05) is 0 Å². The lowest BCUT2D eigenvalue weighted by molar-refractivity contribution is -0.153. The molecular formula is C15H17Cl2NO4. The Morgan fingerprint density at radius 1 is 1.36 bits per heavy atom. The van der Waals surface area contributed by atoms with Crippen LogP contribution in [0.2, 0.25) is 10.0 Å². The first-order chi connectivity index (χ1) is 10.4. The van der Waals surface area contributed by atoms with E-state index >= 15 is 0 Å². The zero-order valence-corrected chi connectivity index (χ0v) is 13.9. The number of carbonyl (C=O) groups is 2. The van der Waals surface area contributed by atoms with E-state index in [-0.39, 0.29) is 5.91 Å². The van der Waals surface area contributed by atoms with Gasteiger partial charge in [0.25, 0.3) is 5.91 Å². The molecule has 0 saturated carbocycles. The van der Waals surface area contributed by atoms with Gasteiger partial charge in [-0.1, -0.05) is 23.2 Å². The molecular weight excluding hydrogens is 329 g/mol. The second-order valence-corrected chi connectivity index (χ2v) is 5.89. The second-order valence-electron chi connectivity index (χ2n) is 5.05. The summed E-state index contributed by atoms with van der Waals surface area (Å²) in [7, 11) is 1.32. The number of esters is 1. The second kappa shape index (κ2) is 7.20. The summed E-state index contributed by atoms with van der Waals surface area (Å²) in [5.74, 6) is -0.290. The van der Waals surface area contributed by atoms with Crippen LogP contribution in [0.4, 0.5) is 0 Å². The Balaban J connectivity index is 2.07. The highest BCUT2D eigenvalue weighted by Crippen LogP contribution is 2.29. The minimum Gasteiger partial charge on any atom is -0.479 e. The van der Waals surface area contributed by atoms with Crippen molar-refractivity contribution in [3.63, 3.8) is 0 Å². The Hall–Kier alpha value is -1.46. The van der Waals surface area contributed by atoms with Crippen LogP contribution in [0.25, 0.3) is 0 Å². The highest BCUT2D eigenvalue weighted by Gasteiger charge is 2.37. The maximum atomic E-state index is 12.5. The molecule has 1 heterocycles. The number of carbonyl (C=O) groups excluding carboxylic acids is 2. The minimum atomic E-state index is -0.760. The van der Waals surface area contributed by atoms with Gasteiger partial charge in [0.15, 0.2) is 6.10 Å². The Bertz CT molecular complexity index is 579. The molecule has 1 aromatic carbocycles. The molecule has 0 N–H and O–H groups in total. The lowest BCUT2D eigenvalue weighted by Crippen LogP contribution is -2.46. The maximum Gasteiger partial charge on any atom is 0.328 e. The Morgan fingerprint density at radius 3 is 2.73 bits per heavy atom. The number of halogens is 2. The van der Waals surface area contributed by atoms with Crippen molar-refractivity contribution in [1.82, 2.24) is 4.90 Å². The van der Waals surface area contributed by atoms with Gasteiger partial charge in [-0.15, -0.1) is 0 Å². The van der Waals surface area contributed by atoms with Gasteiger partial charge in [-0.25, -0.2) is 4.79 Å². The van der Waals surface area contributed by atoms with Gasteiger partial charge in [-0.05, 0) is 38.0 Å². The highest BCUT2D eigenvalue weighted by molar-refractivity contribution is 6.35. The number of methoxy groups -OCH3 is 1. The molecule has 1 saturated heterocycles. The van der Waals surface area contributed by atoms with Crippen LogP contribution in [0.1, 0.15) is 19.8 Å². The summed E-state index contributed by atoms with van der Waals surface area (Å²) in [5, 5.41) is 0.819. The van der Waals surface area contributed by atoms with Gasteiger partial charge in [0, 0.05) is 11.6 Å². The minimum absolute atomic E-state index is 0.265. The number of ether oxygens (including phenoxy) is 2. The number of nitrogens with zero attached hydrogens (tertiary/aromatic N) is 1. The normalized spacial score (nSPS) is 18.9. The van der Waals surface area contributed by atoms with Crippen LogP contribution in [-0.2, 0) is 14.3 Å². The molecule has 1 amide bonds. The summed E-state index contributed by atoms with van der Waals surface area (Å²) in [6, 6.07) is 4.25. The van der Waals surface area contributed by atoms with Gasteiger partial charge in [0.1, 0.15) is 11.8 Å². The van der Waals surface area contributed by atoms with Gasteiger partial charge < -0.3 is 14.4 Å². The zero-order valence-electron chi connectivity index (χ0n) is 12.3. The predicted octanol–water partition coefficient (Wildman–Crippen LogP) is 2.92. The Labute approximate surface area is 139 Å². The quantitative estimate of drug-likeness (QED) is 0.787. The first-order valence-corrected chi connectivity index (χ1v) is 7.69.